The summed E-state index contributed by atoms with van der Waals surface area (Å²) in [6, 6.07) is 1.86. The fraction of sp³-hybridized carbons (Fsp3) is 0.364. The average molecular weight is 233 g/mol. The summed E-state index contributed by atoms with van der Waals surface area (Å²) in [5.74, 6) is 1.39. The number of hydrogen-bond donors (Lipinski definition) is 1. The van der Waals surface area contributed by atoms with Gasteiger partial charge in [-0.2, -0.15) is 0 Å². The Balaban J connectivity index is 2.33. The zero-order chi connectivity index (χ0) is 12.4. The Hall–Kier alpha value is -2.11. The first-order valence-electron chi connectivity index (χ1n) is 5.34. The van der Waals surface area contributed by atoms with Crippen molar-refractivity contribution in [3.63, 3.8) is 0 Å². The fourth-order valence-corrected chi connectivity index (χ4v) is 1.61. The minimum atomic E-state index is -0.0684. The lowest BCUT2D eigenvalue weighted by molar-refractivity contribution is 0.685. The molecule has 2 rings (SSSR count). The molecule has 2 aromatic rings. The highest BCUT2D eigenvalue weighted by atomic mass is 16.1. The van der Waals surface area contributed by atoms with E-state index < -0.39 is 0 Å². The van der Waals surface area contributed by atoms with Crippen LogP contribution >= 0.6 is 0 Å². The third-order valence-electron chi connectivity index (χ3n) is 2.49. The lowest BCUT2D eigenvalue weighted by atomic mass is 10.4. The highest BCUT2D eigenvalue weighted by molar-refractivity contribution is 5.34. The van der Waals surface area contributed by atoms with Crippen molar-refractivity contribution in [3.05, 3.63) is 40.5 Å². The van der Waals surface area contributed by atoms with E-state index in [1.807, 2.05) is 13.0 Å². The Morgan fingerprint density at radius 3 is 2.71 bits per heavy atom. The second-order valence-corrected chi connectivity index (χ2v) is 3.88. The molecule has 0 aliphatic carbocycles. The minimum Gasteiger partial charge on any atom is -0.373 e. The van der Waals surface area contributed by atoms with Gasteiger partial charge in [-0.05, 0) is 6.92 Å². The average Bonchev–Trinajstić information content (AvgIpc) is 2.60. The summed E-state index contributed by atoms with van der Waals surface area (Å²) in [6.45, 7) is 2.29. The summed E-state index contributed by atoms with van der Waals surface area (Å²) in [5.41, 5.74) is 0.810. The second kappa shape index (κ2) is 4.40. The standard InChI is InChI=1S/C11H15N5O/c1-8-6-9(12-2)14-10(13-8)7-16-5-4-15(3)11(16)17/h4-6H,7H2,1-3H3,(H,12,13,14). The molecule has 0 saturated heterocycles. The Labute approximate surface area is 98.9 Å². The molecule has 0 aliphatic heterocycles. The molecule has 0 fully saturated rings. The number of aryl methyl sites for hydroxylation is 2. The van der Waals surface area contributed by atoms with E-state index in [2.05, 4.69) is 15.3 Å². The predicted molar refractivity (Wildman–Crippen MR) is 65.1 cm³/mol. The van der Waals surface area contributed by atoms with Crippen LogP contribution in [0, 0.1) is 6.92 Å². The number of imidazole rings is 1. The minimum absolute atomic E-state index is 0.0684. The van der Waals surface area contributed by atoms with E-state index in [1.165, 1.54) is 4.57 Å². The van der Waals surface area contributed by atoms with E-state index in [4.69, 9.17) is 0 Å². The lowest BCUT2D eigenvalue weighted by Crippen LogP contribution is -2.23. The first kappa shape index (κ1) is 11.4. The normalized spacial score (nSPS) is 10.5. The quantitative estimate of drug-likeness (QED) is 0.832. The summed E-state index contributed by atoms with van der Waals surface area (Å²) in [4.78, 5) is 20.3. The summed E-state index contributed by atoms with van der Waals surface area (Å²) in [6.07, 6.45) is 3.45. The van der Waals surface area contributed by atoms with E-state index in [0.29, 0.717) is 12.4 Å². The van der Waals surface area contributed by atoms with Gasteiger partial charge in [0.05, 0.1) is 6.54 Å². The number of nitrogens with one attached hydrogen (secondary N) is 1. The third-order valence-corrected chi connectivity index (χ3v) is 2.49. The zero-order valence-electron chi connectivity index (χ0n) is 10.1. The molecule has 0 aromatic carbocycles. The van der Waals surface area contributed by atoms with Gasteiger partial charge >= 0.3 is 5.69 Å². The molecule has 17 heavy (non-hydrogen) atoms. The molecular weight excluding hydrogens is 218 g/mol. The fourth-order valence-electron chi connectivity index (χ4n) is 1.61. The van der Waals surface area contributed by atoms with E-state index >= 15 is 0 Å². The molecule has 0 atom stereocenters. The van der Waals surface area contributed by atoms with E-state index in [1.54, 1.807) is 31.1 Å². The van der Waals surface area contributed by atoms with E-state index in [0.717, 1.165) is 11.5 Å². The molecule has 0 amide bonds. The molecule has 0 saturated carbocycles. The van der Waals surface area contributed by atoms with Crippen molar-refractivity contribution in [3.8, 4) is 0 Å². The summed E-state index contributed by atoms with van der Waals surface area (Å²) < 4.78 is 3.10. The van der Waals surface area contributed by atoms with Crippen LogP contribution in [0.25, 0.3) is 0 Å². The molecule has 90 valence electrons. The maximum Gasteiger partial charge on any atom is 0.328 e. The highest BCUT2D eigenvalue weighted by Gasteiger charge is 2.05. The third kappa shape index (κ3) is 2.35. The molecule has 0 bridgehead atoms. The van der Waals surface area contributed by atoms with Crippen molar-refractivity contribution in [2.75, 3.05) is 12.4 Å². The number of aromatic nitrogens is 4. The van der Waals surface area contributed by atoms with E-state index in [-0.39, 0.29) is 5.69 Å². The summed E-state index contributed by atoms with van der Waals surface area (Å²) in [5, 5.41) is 2.97. The first-order chi connectivity index (χ1) is 8.10. The Morgan fingerprint density at radius 1 is 1.35 bits per heavy atom. The summed E-state index contributed by atoms with van der Waals surface area (Å²) in [7, 11) is 3.52. The van der Waals surface area contributed by atoms with Crippen molar-refractivity contribution in [2.24, 2.45) is 7.05 Å². The number of rotatable bonds is 3. The Kier molecular flexibility index (Phi) is 2.95. The van der Waals surface area contributed by atoms with Crippen molar-refractivity contribution >= 4 is 5.82 Å². The van der Waals surface area contributed by atoms with Crippen LogP contribution < -0.4 is 11.0 Å². The molecule has 6 nitrogen and oxygen atoms in total. The highest BCUT2D eigenvalue weighted by Crippen LogP contribution is 2.05. The second-order valence-electron chi connectivity index (χ2n) is 3.88. The molecule has 2 aromatic heterocycles. The van der Waals surface area contributed by atoms with Crippen LogP contribution in [0.3, 0.4) is 0 Å². The van der Waals surface area contributed by atoms with Gasteiger partial charge in [0.1, 0.15) is 5.82 Å². The van der Waals surface area contributed by atoms with Gasteiger partial charge in [-0.1, -0.05) is 0 Å². The largest absolute Gasteiger partial charge is 0.373 e. The maximum atomic E-state index is 11.7. The molecule has 0 spiro atoms. The van der Waals surface area contributed by atoms with Crippen molar-refractivity contribution in [1.82, 2.24) is 19.1 Å². The Bertz CT molecular complexity index is 584. The molecule has 0 aliphatic rings. The van der Waals surface area contributed by atoms with Gasteiger partial charge in [-0.15, -0.1) is 0 Å². The molecule has 2 heterocycles. The van der Waals surface area contributed by atoms with Crippen LogP contribution in [0.4, 0.5) is 5.82 Å². The lowest BCUT2D eigenvalue weighted by Gasteiger charge is -2.05. The number of nitrogens with zero attached hydrogens (tertiary/aromatic N) is 4. The maximum absolute atomic E-state index is 11.7. The SMILES string of the molecule is CNc1cc(C)nc(Cn2ccn(C)c2=O)n1. The predicted octanol–water partition coefficient (Wildman–Crippen LogP) is 0.375. The topological polar surface area (TPSA) is 64.7 Å². The molecule has 1 N–H and O–H groups in total. The van der Waals surface area contributed by atoms with Gasteiger partial charge in [0.25, 0.3) is 0 Å². The van der Waals surface area contributed by atoms with Crippen molar-refractivity contribution < 1.29 is 0 Å². The molecule has 0 radical (unpaired) electrons. The summed E-state index contributed by atoms with van der Waals surface area (Å²) >= 11 is 0. The van der Waals surface area contributed by atoms with E-state index in [9.17, 15) is 4.79 Å². The molecular formula is C11H15N5O. The van der Waals surface area contributed by atoms with Crippen LogP contribution in [0.1, 0.15) is 11.5 Å². The van der Waals surface area contributed by atoms with Gasteiger partial charge in [-0.3, -0.25) is 4.57 Å². The van der Waals surface area contributed by atoms with Gasteiger partial charge in [0.15, 0.2) is 5.82 Å². The zero-order valence-corrected chi connectivity index (χ0v) is 10.1. The molecule has 6 heteroatoms. The number of hydrogen-bond acceptors (Lipinski definition) is 4. The Morgan fingerprint density at radius 2 is 2.12 bits per heavy atom. The van der Waals surface area contributed by atoms with Crippen LogP contribution in [-0.4, -0.2) is 26.1 Å². The first-order valence-corrected chi connectivity index (χ1v) is 5.34. The van der Waals surface area contributed by atoms with Crippen molar-refractivity contribution in [1.29, 1.82) is 0 Å². The van der Waals surface area contributed by atoms with Gasteiger partial charge in [0, 0.05) is 38.2 Å². The molecule has 0 unspecified atom stereocenters. The van der Waals surface area contributed by atoms with Crippen LogP contribution in [0.15, 0.2) is 23.3 Å². The van der Waals surface area contributed by atoms with Gasteiger partial charge in [0.2, 0.25) is 0 Å². The van der Waals surface area contributed by atoms with Crippen LogP contribution in [0.5, 0.6) is 0 Å². The van der Waals surface area contributed by atoms with Crippen molar-refractivity contribution in [2.45, 2.75) is 13.5 Å². The monoisotopic (exact) mass is 233 g/mol. The van der Waals surface area contributed by atoms with Crippen LogP contribution in [0.2, 0.25) is 0 Å². The van der Waals surface area contributed by atoms with Gasteiger partial charge in [-0.25, -0.2) is 14.8 Å². The number of anilines is 1. The smallest absolute Gasteiger partial charge is 0.328 e. The van der Waals surface area contributed by atoms with Gasteiger partial charge < -0.3 is 9.88 Å². The van der Waals surface area contributed by atoms with Crippen LogP contribution in [-0.2, 0) is 13.6 Å².